The number of fused-ring (bicyclic) bond motifs is 1. The summed E-state index contributed by atoms with van der Waals surface area (Å²) in [6, 6.07) is 8.33. The molecule has 1 atom stereocenters. The SMILES string of the molecule is CC(=O)c1[nH]c(C)c(C(=O)NC2CCCc3ccccc32)c1C. The summed E-state index contributed by atoms with van der Waals surface area (Å²) in [5.74, 6) is -0.155. The maximum Gasteiger partial charge on any atom is 0.253 e. The molecule has 1 aliphatic rings. The van der Waals surface area contributed by atoms with E-state index >= 15 is 0 Å². The van der Waals surface area contributed by atoms with Crippen LogP contribution in [0.1, 0.15) is 69.0 Å². The molecule has 4 heteroatoms. The average molecular weight is 310 g/mol. The van der Waals surface area contributed by atoms with Gasteiger partial charge < -0.3 is 10.3 Å². The van der Waals surface area contributed by atoms with Crippen molar-refractivity contribution in [3.8, 4) is 0 Å². The number of Topliss-reactive ketones (excluding diaryl/α,β-unsaturated/α-hetero) is 1. The van der Waals surface area contributed by atoms with Crippen LogP contribution >= 0.6 is 0 Å². The third kappa shape index (κ3) is 2.81. The Morgan fingerprint density at radius 3 is 2.65 bits per heavy atom. The Kier molecular flexibility index (Phi) is 4.07. The number of ketones is 1. The monoisotopic (exact) mass is 310 g/mol. The molecular weight excluding hydrogens is 288 g/mol. The second-order valence-corrected chi connectivity index (χ2v) is 6.30. The molecule has 1 aromatic carbocycles. The van der Waals surface area contributed by atoms with Crippen molar-refractivity contribution in [1.29, 1.82) is 0 Å². The van der Waals surface area contributed by atoms with Gasteiger partial charge in [0.2, 0.25) is 0 Å². The fourth-order valence-corrected chi connectivity index (χ4v) is 3.58. The molecule has 0 saturated carbocycles. The molecule has 1 heterocycles. The van der Waals surface area contributed by atoms with E-state index in [4.69, 9.17) is 0 Å². The fourth-order valence-electron chi connectivity index (χ4n) is 3.58. The lowest BCUT2D eigenvalue weighted by molar-refractivity contribution is 0.0931. The number of hydrogen-bond acceptors (Lipinski definition) is 2. The van der Waals surface area contributed by atoms with Gasteiger partial charge in [-0.15, -0.1) is 0 Å². The number of carbonyl (C=O) groups is 2. The van der Waals surface area contributed by atoms with E-state index in [0.29, 0.717) is 11.3 Å². The van der Waals surface area contributed by atoms with Gasteiger partial charge in [-0.1, -0.05) is 24.3 Å². The number of aromatic amines is 1. The van der Waals surface area contributed by atoms with Crippen molar-refractivity contribution in [3.63, 3.8) is 0 Å². The zero-order chi connectivity index (χ0) is 16.6. The van der Waals surface area contributed by atoms with Gasteiger partial charge in [0.25, 0.3) is 5.91 Å². The van der Waals surface area contributed by atoms with E-state index < -0.39 is 0 Å². The molecule has 1 aliphatic carbocycles. The molecular formula is C19H22N2O2. The molecule has 1 aromatic heterocycles. The summed E-state index contributed by atoms with van der Waals surface area (Å²) < 4.78 is 0. The summed E-state index contributed by atoms with van der Waals surface area (Å²) >= 11 is 0. The van der Waals surface area contributed by atoms with Crippen molar-refractivity contribution in [3.05, 3.63) is 57.9 Å². The van der Waals surface area contributed by atoms with Crippen LogP contribution in [0.2, 0.25) is 0 Å². The molecule has 0 radical (unpaired) electrons. The van der Waals surface area contributed by atoms with Crippen LogP contribution in [0.15, 0.2) is 24.3 Å². The molecule has 0 fully saturated rings. The predicted molar refractivity (Wildman–Crippen MR) is 89.9 cm³/mol. The first-order chi connectivity index (χ1) is 11.0. The van der Waals surface area contributed by atoms with Crippen LogP contribution in [0, 0.1) is 13.8 Å². The molecule has 2 aromatic rings. The maximum atomic E-state index is 12.8. The molecule has 0 bridgehead atoms. The topological polar surface area (TPSA) is 62.0 Å². The second-order valence-electron chi connectivity index (χ2n) is 6.30. The van der Waals surface area contributed by atoms with E-state index in [2.05, 4.69) is 22.4 Å². The number of carbonyl (C=O) groups excluding carboxylic acids is 2. The van der Waals surface area contributed by atoms with Gasteiger partial charge in [-0.2, -0.15) is 0 Å². The third-order valence-corrected chi connectivity index (χ3v) is 4.69. The van der Waals surface area contributed by atoms with E-state index in [1.165, 1.54) is 18.1 Å². The lowest BCUT2D eigenvalue weighted by Gasteiger charge is -2.26. The first kappa shape index (κ1) is 15.5. The molecule has 23 heavy (non-hydrogen) atoms. The summed E-state index contributed by atoms with van der Waals surface area (Å²) in [7, 11) is 0. The van der Waals surface area contributed by atoms with Gasteiger partial charge in [0.15, 0.2) is 5.78 Å². The first-order valence-electron chi connectivity index (χ1n) is 8.07. The Morgan fingerprint density at radius 1 is 1.22 bits per heavy atom. The minimum absolute atomic E-state index is 0.0435. The number of hydrogen-bond donors (Lipinski definition) is 2. The van der Waals surface area contributed by atoms with Crippen LogP contribution in [0.4, 0.5) is 0 Å². The number of nitrogens with one attached hydrogen (secondary N) is 2. The van der Waals surface area contributed by atoms with Crippen LogP contribution in [-0.2, 0) is 6.42 Å². The van der Waals surface area contributed by atoms with Gasteiger partial charge in [0.1, 0.15) is 0 Å². The lowest BCUT2D eigenvalue weighted by Crippen LogP contribution is -2.31. The molecule has 120 valence electrons. The van der Waals surface area contributed by atoms with Crippen molar-refractivity contribution in [2.24, 2.45) is 0 Å². The zero-order valence-electron chi connectivity index (χ0n) is 13.8. The molecule has 0 spiro atoms. The number of benzene rings is 1. The Bertz CT molecular complexity index is 774. The molecule has 1 unspecified atom stereocenters. The molecule has 3 rings (SSSR count). The predicted octanol–water partition coefficient (Wildman–Crippen LogP) is 3.64. The Hall–Kier alpha value is -2.36. The Balaban J connectivity index is 1.88. The van der Waals surface area contributed by atoms with E-state index in [9.17, 15) is 9.59 Å². The maximum absolute atomic E-state index is 12.8. The van der Waals surface area contributed by atoms with Gasteiger partial charge >= 0.3 is 0 Å². The number of aromatic nitrogens is 1. The second kappa shape index (κ2) is 6.03. The van der Waals surface area contributed by atoms with Crippen LogP contribution < -0.4 is 5.32 Å². The van der Waals surface area contributed by atoms with Crippen LogP contribution in [0.5, 0.6) is 0 Å². The van der Waals surface area contributed by atoms with E-state index in [1.807, 2.05) is 26.0 Å². The quantitative estimate of drug-likeness (QED) is 0.850. The molecule has 0 aliphatic heterocycles. The van der Waals surface area contributed by atoms with Gasteiger partial charge in [0, 0.05) is 12.6 Å². The minimum Gasteiger partial charge on any atom is -0.355 e. The number of aryl methyl sites for hydroxylation is 2. The lowest BCUT2D eigenvalue weighted by atomic mass is 9.87. The highest BCUT2D eigenvalue weighted by molar-refractivity contribution is 6.02. The van der Waals surface area contributed by atoms with Crippen molar-refractivity contribution < 1.29 is 9.59 Å². The van der Waals surface area contributed by atoms with Gasteiger partial charge in [0.05, 0.1) is 17.3 Å². The van der Waals surface area contributed by atoms with E-state index in [1.54, 1.807) is 0 Å². The van der Waals surface area contributed by atoms with Crippen LogP contribution in [0.25, 0.3) is 0 Å². The van der Waals surface area contributed by atoms with Crippen molar-refractivity contribution in [2.45, 2.75) is 46.1 Å². The van der Waals surface area contributed by atoms with Gasteiger partial charge in [-0.25, -0.2) is 0 Å². The third-order valence-electron chi connectivity index (χ3n) is 4.69. The highest BCUT2D eigenvalue weighted by Gasteiger charge is 2.25. The van der Waals surface area contributed by atoms with Crippen molar-refractivity contribution >= 4 is 11.7 Å². The fraction of sp³-hybridized carbons (Fsp3) is 0.368. The number of rotatable bonds is 3. The summed E-state index contributed by atoms with van der Waals surface area (Å²) in [6.07, 6.45) is 3.09. The molecule has 4 nitrogen and oxygen atoms in total. The number of amides is 1. The molecule has 0 saturated heterocycles. The summed E-state index contributed by atoms with van der Waals surface area (Å²) in [6.45, 7) is 5.17. The standard InChI is InChI=1S/C19H22N2O2/c1-11-17(12(2)20-18(11)13(3)22)19(23)21-16-10-6-8-14-7-4-5-9-15(14)16/h4-5,7,9,16,20H,6,8,10H2,1-3H3,(H,21,23). The smallest absolute Gasteiger partial charge is 0.253 e. The minimum atomic E-state index is -0.106. The normalized spacial score (nSPS) is 16.7. The summed E-state index contributed by atoms with van der Waals surface area (Å²) in [5.41, 5.74) is 5.13. The Morgan fingerprint density at radius 2 is 1.96 bits per heavy atom. The van der Waals surface area contributed by atoms with Crippen LogP contribution in [0.3, 0.4) is 0 Å². The van der Waals surface area contributed by atoms with Gasteiger partial charge in [-0.3, -0.25) is 9.59 Å². The largest absolute Gasteiger partial charge is 0.355 e. The number of H-pyrrole nitrogens is 1. The first-order valence-corrected chi connectivity index (χ1v) is 8.07. The highest BCUT2D eigenvalue weighted by atomic mass is 16.2. The van der Waals surface area contributed by atoms with Crippen molar-refractivity contribution in [2.75, 3.05) is 0 Å². The van der Waals surface area contributed by atoms with Gasteiger partial charge in [-0.05, 0) is 49.8 Å². The summed E-state index contributed by atoms with van der Waals surface area (Å²) in [4.78, 5) is 27.4. The molecule has 1 amide bonds. The Labute approximate surface area is 136 Å². The van der Waals surface area contributed by atoms with Crippen molar-refractivity contribution in [1.82, 2.24) is 10.3 Å². The summed E-state index contributed by atoms with van der Waals surface area (Å²) in [5, 5.41) is 3.16. The van der Waals surface area contributed by atoms with Crippen LogP contribution in [-0.4, -0.2) is 16.7 Å². The van der Waals surface area contributed by atoms with E-state index in [0.717, 1.165) is 30.5 Å². The highest BCUT2D eigenvalue weighted by Crippen LogP contribution is 2.30. The molecule has 2 N–H and O–H groups in total. The average Bonchev–Trinajstić information content (AvgIpc) is 2.83. The van der Waals surface area contributed by atoms with E-state index in [-0.39, 0.29) is 17.7 Å². The zero-order valence-corrected chi connectivity index (χ0v) is 13.8.